The Morgan fingerprint density at radius 1 is 1.23 bits per heavy atom. The maximum Gasteiger partial charge on any atom is 0.230 e. The number of nitrogens with one attached hydrogen (secondary N) is 1. The number of para-hydroxylation sites is 1. The van der Waals surface area contributed by atoms with Crippen LogP contribution >= 0.6 is 22.9 Å². The van der Waals surface area contributed by atoms with Crippen molar-refractivity contribution in [2.75, 3.05) is 12.4 Å². The number of nitrogens with zero attached hydrogens (tertiary/aromatic N) is 2. The highest BCUT2D eigenvalue weighted by atomic mass is 35.5. The fourth-order valence-electron chi connectivity index (χ4n) is 2.41. The molecule has 1 N–H and O–H groups in total. The number of hydrogen-bond donors (Lipinski definition) is 1. The molecular weight excluding hydrogens is 377 g/mol. The van der Waals surface area contributed by atoms with E-state index in [1.54, 1.807) is 13.2 Å². The fourth-order valence-corrected chi connectivity index (χ4v) is 3.42. The van der Waals surface area contributed by atoms with Gasteiger partial charge in [0.05, 0.1) is 13.5 Å². The van der Waals surface area contributed by atoms with E-state index in [1.807, 2.05) is 24.3 Å². The molecule has 1 heterocycles. The predicted octanol–water partition coefficient (Wildman–Crippen LogP) is 4.11. The van der Waals surface area contributed by atoms with Crippen molar-refractivity contribution in [3.8, 4) is 5.75 Å². The standard InChI is InChI=1S/C18H15ClFN3O2S/c1-25-15-8-3-2-5-11(15)9-17-22-23-18(26-17)21-16(24)10-12-13(19)6-4-7-14(12)20/h2-8H,9-10H2,1H3,(H,21,23,24). The normalized spacial score (nSPS) is 10.6. The maximum absolute atomic E-state index is 13.8. The van der Waals surface area contributed by atoms with Gasteiger partial charge in [0, 0.05) is 22.6 Å². The minimum absolute atomic E-state index is 0.158. The second-order valence-electron chi connectivity index (χ2n) is 5.41. The van der Waals surface area contributed by atoms with E-state index in [0.717, 1.165) is 16.3 Å². The van der Waals surface area contributed by atoms with Crippen LogP contribution in [-0.2, 0) is 17.6 Å². The highest BCUT2D eigenvalue weighted by Crippen LogP contribution is 2.25. The first-order valence-electron chi connectivity index (χ1n) is 7.74. The number of rotatable bonds is 6. The van der Waals surface area contributed by atoms with Gasteiger partial charge in [0.1, 0.15) is 16.6 Å². The van der Waals surface area contributed by atoms with Crippen molar-refractivity contribution in [2.45, 2.75) is 12.8 Å². The molecule has 3 aromatic rings. The SMILES string of the molecule is COc1ccccc1Cc1nnc(NC(=O)Cc2c(F)cccc2Cl)s1. The summed E-state index contributed by atoms with van der Waals surface area (Å²) in [4.78, 5) is 12.1. The van der Waals surface area contributed by atoms with Crippen molar-refractivity contribution < 1.29 is 13.9 Å². The van der Waals surface area contributed by atoms with E-state index in [4.69, 9.17) is 16.3 Å². The van der Waals surface area contributed by atoms with E-state index >= 15 is 0 Å². The number of amides is 1. The summed E-state index contributed by atoms with van der Waals surface area (Å²) < 4.78 is 19.1. The van der Waals surface area contributed by atoms with E-state index < -0.39 is 11.7 Å². The second kappa shape index (κ2) is 8.25. The van der Waals surface area contributed by atoms with Crippen LogP contribution in [0, 0.1) is 5.82 Å². The Balaban J connectivity index is 1.66. The molecule has 1 aromatic heterocycles. The van der Waals surface area contributed by atoms with Gasteiger partial charge in [0.25, 0.3) is 0 Å². The van der Waals surface area contributed by atoms with Gasteiger partial charge in [-0.1, -0.05) is 47.2 Å². The molecule has 0 bridgehead atoms. The molecule has 0 aliphatic rings. The van der Waals surface area contributed by atoms with Crippen molar-refractivity contribution in [2.24, 2.45) is 0 Å². The predicted molar refractivity (Wildman–Crippen MR) is 99.5 cm³/mol. The first-order valence-corrected chi connectivity index (χ1v) is 8.93. The van der Waals surface area contributed by atoms with Crippen molar-refractivity contribution >= 4 is 34.0 Å². The molecule has 3 rings (SSSR count). The van der Waals surface area contributed by atoms with Gasteiger partial charge in [0.15, 0.2) is 0 Å². The summed E-state index contributed by atoms with van der Waals surface area (Å²) in [7, 11) is 1.61. The lowest BCUT2D eigenvalue weighted by Crippen LogP contribution is -2.15. The van der Waals surface area contributed by atoms with Crippen LogP contribution in [0.5, 0.6) is 5.75 Å². The third-order valence-corrected chi connectivity index (χ3v) is 4.84. The molecule has 5 nitrogen and oxygen atoms in total. The third kappa shape index (κ3) is 4.36. The van der Waals surface area contributed by atoms with Crippen LogP contribution in [0.3, 0.4) is 0 Å². The lowest BCUT2D eigenvalue weighted by atomic mass is 10.1. The Hall–Kier alpha value is -2.51. The van der Waals surface area contributed by atoms with Gasteiger partial charge in [-0.2, -0.15) is 0 Å². The van der Waals surface area contributed by atoms with Gasteiger partial charge < -0.3 is 10.1 Å². The summed E-state index contributed by atoms with van der Waals surface area (Å²) >= 11 is 7.20. The molecule has 0 aliphatic heterocycles. The minimum atomic E-state index is -0.512. The Morgan fingerprint density at radius 2 is 2.04 bits per heavy atom. The van der Waals surface area contributed by atoms with E-state index in [1.165, 1.54) is 23.5 Å². The number of aromatic nitrogens is 2. The molecule has 134 valence electrons. The van der Waals surface area contributed by atoms with Crippen LogP contribution in [0.25, 0.3) is 0 Å². The molecule has 0 spiro atoms. The van der Waals surface area contributed by atoms with Gasteiger partial charge in [-0.15, -0.1) is 10.2 Å². The summed E-state index contributed by atoms with van der Waals surface area (Å²) in [6.45, 7) is 0. The number of anilines is 1. The van der Waals surface area contributed by atoms with Crippen LogP contribution in [0.15, 0.2) is 42.5 Å². The average molecular weight is 392 g/mol. The zero-order valence-corrected chi connectivity index (χ0v) is 15.4. The molecule has 8 heteroatoms. The molecule has 0 unspecified atom stereocenters. The first kappa shape index (κ1) is 18.3. The Labute approximate surface area is 158 Å². The van der Waals surface area contributed by atoms with Gasteiger partial charge in [-0.25, -0.2) is 4.39 Å². The molecular formula is C18H15ClFN3O2S. The van der Waals surface area contributed by atoms with Crippen LogP contribution in [-0.4, -0.2) is 23.2 Å². The average Bonchev–Trinajstić information content (AvgIpc) is 3.05. The van der Waals surface area contributed by atoms with Gasteiger partial charge >= 0.3 is 0 Å². The van der Waals surface area contributed by atoms with E-state index in [9.17, 15) is 9.18 Å². The van der Waals surface area contributed by atoms with Crippen molar-refractivity contribution in [3.63, 3.8) is 0 Å². The molecule has 26 heavy (non-hydrogen) atoms. The Kier molecular flexibility index (Phi) is 5.80. The fraction of sp³-hybridized carbons (Fsp3) is 0.167. The van der Waals surface area contributed by atoms with Crippen molar-refractivity contribution in [1.82, 2.24) is 10.2 Å². The molecule has 0 saturated carbocycles. The quantitative estimate of drug-likeness (QED) is 0.686. The topological polar surface area (TPSA) is 64.1 Å². The van der Waals surface area contributed by atoms with E-state index in [2.05, 4.69) is 15.5 Å². The summed E-state index contributed by atoms with van der Waals surface area (Å²) in [6.07, 6.45) is 0.365. The number of methoxy groups -OCH3 is 1. The Morgan fingerprint density at radius 3 is 2.81 bits per heavy atom. The van der Waals surface area contributed by atoms with Crippen LogP contribution in [0.1, 0.15) is 16.1 Å². The van der Waals surface area contributed by atoms with Crippen molar-refractivity contribution in [3.05, 3.63) is 69.4 Å². The third-order valence-electron chi connectivity index (χ3n) is 3.65. The number of hydrogen-bond acceptors (Lipinski definition) is 5. The molecule has 0 aliphatic carbocycles. The van der Waals surface area contributed by atoms with E-state index in [0.29, 0.717) is 11.6 Å². The van der Waals surface area contributed by atoms with Crippen LogP contribution in [0.2, 0.25) is 5.02 Å². The number of carbonyl (C=O) groups is 1. The minimum Gasteiger partial charge on any atom is -0.496 e. The Bertz CT molecular complexity index is 912. The smallest absolute Gasteiger partial charge is 0.230 e. The molecule has 0 fully saturated rings. The van der Waals surface area contributed by atoms with Crippen LogP contribution in [0.4, 0.5) is 9.52 Å². The number of halogens is 2. The molecule has 2 aromatic carbocycles. The number of ether oxygens (including phenoxy) is 1. The monoisotopic (exact) mass is 391 g/mol. The maximum atomic E-state index is 13.8. The highest BCUT2D eigenvalue weighted by molar-refractivity contribution is 7.15. The molecule has 0 saturated heterocycles. The zero-order valence-electron chi connectivity index (χ0n) is 13.8. The lowest BCUT2D eigenvalue weighted by molar-refractivity contribution is -0.115. The summed E-state index contributed by atoms with van der Waals surface area (Å²) in [5, 5.41) is 12.0. The molecule has 1 amide bonds. The van der Waals surface area contributed by atoms with Crippen molar-refractivity contribution in [1.29, 1.82) is 0 Å². The zero-order chi connectivity index (χ0) is 18.5. The van der Waals surface area contributed by atoms with Crippen LogP contribution < -0.4 is 10.1 Å². The first-order chi connectivity index (χ1) is 12.6. The van der Waals surface area contributed by atoms with Gasteiger partial charge in [0.2, 0.25) is 11.0 Å². The largest absolute Gasteiger partial charge is 0.496 e. The summed E-state index contributed by atoms with van der Waals surface area (Å²) in [5.41, 5.74) is 1.13. The molecule has 0 atom stereocenters. The highest BCUT2D eigenvalue weighted by Gasteiger charge is 2.14. The summed E-state index contributed by atoms with van der Waals surface area (Å²) in [5.74, 6) is -0.152. The summed E-state index contributed by atoms with van der Waals surface area (Å²) in [6, 6.07) is 11.9. The lowest BCUT2D eigenvalue weighted by Gasteiger charge is -2.05. The second-order valence-corrected chi connectivity index (χ2v) is 6.88. The number of carbonyl (C=O) groups excluding carboxylic acids is 1. The van der Waals surface area contributed by atoms with Gasteiger partial charge in [-0.05, 0) is 18.2 Å². The van der Waals surface area contributed by atoms with E-state index in [-0.39, 0.29) is 17.0 Å². The number of benzene rings is 2. The van der Waals surface area contributed by atoms with Gasteiger partial charge in [-0.3, -0.25) is 4.79 Å². The molecule has 0 radical (unpaired) electrons.